The van der Waals surface area contributed by atoms with Crippen molar-refractivity contribution in [2.45, 2.75) is 31.7 Å². The maximum absolute atomic E-state index is 13.5. The van der Waals surface area contributed by atoms with E-state index in [1.807, 2.05) is 0 Å². The van der Waals surface area contributed by atoms with Crippen LogP contribution in [0, 0.1) is 33.6 Å². The summed E-state index contributed by atoms with van der Waals surface area (Å²) in [4.78, 5) is 10.1. The van der Waals surface area contributed by atoms with Crippen molar-refractivity contribution in [1.29, 1.82) is 0 Å². The molecule has 1 aromatic rings. The number of rotatable bonds is 3. The van der Waals surface area contributed by atoms with Crippen LogP contribution in [0.25, 0.3) is 0 Å². The molecule has 0 heterocycles. The Morgan fingerprint density at radius 2 is 2.05 bits per heavy atom. The second kappa shape index (κ2) is 4.43. The lowest BCUT2D eigenvalue weighted by Crippen LogP contribution is -2.26. The lowest BCUT2D eigenvalue weighted by Gasteiger charge is -2.23. The Kier molecular flexibility index (Phi) is 2.88. The second-order valence-electron chi connectivity index (χ2n) is 5.47. The Morgan fingerprint density at radius 3 is 2.63 bits per heavy atom. The smallest absolute Gasteiger partial charge is 0.327 e. The zero-order valence-corrected chi connectivity index (χ0v) is 10.2. The standard InChI is InChI=1S/C13H14F2N2O2/c14-9-5-10(15)13(17(18)19)12(6-9)16-11-4-7-1-2-8(11)3-7/h5-8,11,16H,1-4H2. The fourth-order valence-electron chi connectivity index (χ4n) is 3.48. The Hall–Kier alpha value is -1.72. The number of halogens is 2. The van der Waals surface area contributed by atoms with Gasteiger partial charge in [0.05, 0.1) is 4.92 Å². The molecule has 6 heteroatoms. The molecule has 3 rings (SSSR count). The predicted octanol–water partition coefficient (Wildman–Crippen LogP) is 3.47. The number of fused-ring (bicyclic) bond motifs is 2. The molecule has 4 nitrogen and oxygen atoms in total. The van der Waals surface area contributed by atoms with Gasteiger partial charge in [-0.05, 0) is 31.1 Å². The number of hydrogen-bond donors (Lipinski definition) is 1. The van der Waals surface area contributed by atoms with Gasteiger partial charge in [-0.1, -0.05) is 6.42 Å². The number of anilines is 1. The van der Waals surface area contributed by atoms with Crippen molar-refractivity contribution >= 4 is 11.4 Å². The van der Waals surface area contributed by atoms with Gasteiger partial charge in [0.25, 0.3) is 0 Å². The van der Waals surface area contributed by atoms with E-state index in [1.165, 1.54) is 6.42 Å². The third kappa shape index (κ3) is 2.15. The van der Waals surface area contributed by atoms with Crippen LogP contribution in [-0.4, -0.2) is 11.0 Å². The van der Waals surface area contributed by atoms with Crippen molar-refractivity contribution in [2.75, 3.05) is 5.32 Å². The minimum Gasteiger partial charge on any atom is -0.376 e. The van der Waals surface area contributed by atoms with Crippen LogP contribution in [0.5, 0.6) is 0 Å². The van der Waals surface area contributed by atoms with Crippen LogP contribution < -0.4 is 5.32 Å². The van der Waals surface area contributed by atoms with Crippen molar-refractivity contribution in [3.8, 4) is 0 Å². The van der Waals surface area contributed by atoms with E-state index in [4.69, 9.17) is 0 Å². The fraction of sp³-hybridized carbons (Fsp3) is 0.538. The van der Waals surface area contributed by atoms with Crippen LogP contribution in [0.15, 0.2) is 12.1 Å². The van der Waals surface area contributed by atoms with Crippen molar-refractivity contribution in [2.24, 2.45) is 11.8 Å². The zero-order valence-electron chi connectivity index (χ0n) is 10.2. The maximum atomic E-state index is 13.5. The van der Waals surface area contributed by atoms with Gasteiger partial charge in [0, 0.05) is 18.2 Å². The molecule has 1 N–H and O–H groups in total. The number of nitro groups is 1. The molecule has 2 fully saturated rings. The molecule has 2 bridgehead atoms. The molecular formula is C13H14F2N2O2. The number of nitrogens with zero attached hydrogens (tertiary/aromatic N) is 1. The third-order valence-corrected chi connectivity index (χ3v) is 4.29. The molecule has 0 radical (unpaired) electrons. The molecule has 0 aliphatic heterocycles. The highest BCUT2D eigenvalue weighted by molar-refractivity contribution is 5.63. The SMILES string of the molecule is O=[N+]([O-])c1c(F)cc(F)cc1NC1CC2CCC1C2. The molecule has 2 aliphatic rings. The monoisotopic (exact) mass is 268 g/mol. The summed E-state index contributed by atoms with van der Waals surface area (Å²) in [5, 5.41) is 13.9. The molecule has 102 valence electrons. The first-order valence-electron chi connectivity index (χ1n) is 6.44. The van der Waals surface area contributed by atoms with Crippen LogP contribution in [0.2, 0.25) is 0 Å². The molecule has 0 amide bonds. The molecule has 2 saturated carbocycles. The normalized spacial score (nSPS) is 28.6. The van der Waals surface area contributed by atoms with E-state index in [-0.39, 0.29) is 11.7 Å². The summed E-state index contributed by atoms with van der Waals surface area (Å²) in [5.74, 6) is -0.805. The van der Waals surface area contributed by atoms with Gasteiger partial charge in [-0.3, -0.25) is 10.1 Å². The predicted molar refractivity (Wildman–Crippen MR) is 65.9 cm³/mol. The van der Waals surface area contributed by atoms with Crippen molar-refractivity contribution < 1.29 is 13.7 Å². The van der Waals surface area contributed by atoms with Crippen LogP contribution in [0.4, 0.5) is 20.2 Å². The highest BCUT2D eigenvalue weighted by Crippen LogP contribution is 2.46. The average Bonchev–Trinajstić information content (AvgIpc) is 2.88. The summed E-state index contributed by atoms with van der Waals surface area (Å²) in [6, 6.07) is 1.65. The summed E-state index contributed by atoms with van der Waals surface area (Å²) >= 11 is 0. The van der Waals surface area contributed by atoms with Crippen LogP contribution in [-0.2, 0) is 0 Å². The quantitative estimate of drug-likeness (QED) is 0.674. The fourth-order valence-corrected chi connectivity index (χ4v) is 3.48. The largest absolute Gasteiger partial charge is 0.376 e. The van der Waals surface area contributed by atoms with Gasteiger partial charge < -0.3 is 5.32 Å². The van der Waals surface area contributed by atoms with Gasteiger partial charge in [0.1, 0.15) is 11.5 Å². The summed E-state index contributed by atoms with van der Waals surface area (Å²) in [6.07, 6.45) is 4.33. The number of hydrogen-bond acceptors (Lipinski definition) is 3. The highest BCUT2D eigenvalue weighted by atomic mass is 19.1. The first-order chi connectivity index (χ1) is 9.04. The lowest BCUT2D eigenvalue weighted by atomic mass is 9.95. The van der Waals surface area contributed by atoms with E-state index in [2.05, 4.69) is 5.32 Å². The van der Waals surface area contributed by atoms with E-state index in [1.54, 1.807) is 0 Å². The molecular weight excluding hydrogens is 254 g/mol. The molecule has 19 heavy (non-hydrogen) atoms. The minimum atomic E-state index is -1.13. The summed E-state index contributed by atoms with van der Waals surface area (Å²) in [5.41, 5.74) is -0.704. The van der Waals surface area contributed by atoms with Gasteiger partial charge in [-0.15, -0.1) is 0 Å². The van der Waals surface area contributed by atoms with E-state index < -0.39 is 22.2 Å². The van der Waals surface area contributed by atoms with Crippen LogP contribution in [0.1, 0.15) is 25.7 Å². The van der Waals surface area contributed by atoms with E-state index in [9.17, 15) is 18.9 Å². The maximum Gasteiger partial charge on any atom is 0.327 e. The molecule has 3 atom stereocenters. The Balaban J connectivity index is 1.89. The van der Waals surface area contributed by atoms with E-state index in [0.717, 1.165) is 25.3 Å². The Morgan fingerprint density at radius 1 is 1.26 bits per heavy atom. The van der Waals surface area contributed by atoms with Crippen LogP contribution in [0.3, 0.4) is 0 Å². The molecule has 1 aromatic carbocycles. The van der Waals surface area contributed by atoms with Crippen molar-refractivity contribution in [3.05, 3.63) is 33.9 Å². The molecule has 2 aliphatic carbocycles. The van der Waals surface area contributed by atoms with Gasteiger partial charge in [-0.25, -0.2) is 4.39 Å². The average molecular weight is 268 g/mol. The third-order valence-electron chi connectivity index (χ3n) is 4.29. The van der Waals surface area contributed by atoms with Gasteiger partial charge >= 0.3 is 5.69 Å². The number of benzene rings is 1. The summed E-state index contributed by atoms with van der Waals surface area (Å²) in [6.45, 7) is 0. The second-order valence-corrected chi connectivity index (χ2v) is 5.47. The van der Waals surface area contributed by atoms with Crippen molar-refractivity contribution in [1.82, 2.24) is 0 Å². The van der Waals surface area contributed by atoms with Gasteiger partial charge in [0.15, 0.2) is 0 Å². The van der Waals surface area contributed by atoms with Crippen molar-refractivity contribution in [3.63, 3.8) is 0 Å². The Labute approximate surface area is 109 Å². The zero-order chi connectivity index (χ0) is 13.6. The molecule has 3 unspecified atom stereocenters. The molecule has 0 spiro atoms. The number of nitrogens with one attached hydrogen (secondary N) is 1. The van der Waals surface area contributed by atoms with Gasteiger partial charge in [-0.2, -0.15) is 4.39 Å². The first-order valence-corrected chi connectivity index (χ1v) is 6.44. The molecule has 0 saturated heterocycles. The minimum absolute atomic E-state index is 0.0416. The highest BCUT2D eigenvalue weighted by Gasteiger charge is 2.40. The summed E-state index contributed by atoms with van der Waals surface area (Å²) in [7, 11) is 0. The van der Waals surface area contributed by atoms with Gasteiger partial charge in [0.2, 0.25) is 5.82 Å². The van der Waals surface area contributed by atoms with E-state index >= 15 is 0 Å². The van der Waals surface area contributed by atoms with E-state index in [0.29, 0.717) is 17.9 Å². The topological polar surface area (TPSA) is 55.2 Å². The number of nitro benzene ring substituents is 1. The Bertz CT molecular complexity index is 536. The molecule has 0 aromatic heterocycles. The van der Waals surface area contributed by atoms with Crippen LogP contribution >= 0.6 is 0 Å². The lowest BCUT2D eigenvalue weighted by molar-refractivity contribution is -0.386. The summed E-state index contributed by atoms with van der Waals surface area (Å²) < 4.78 is 26.7. The first kappa shape index (κ1) is 12.3.